The first-order valence-corrected chi connectivity index (χ1v) is 7.11. The van der Waals surface area contributed by atoms with Gasteiger partial charge in [0.05, 0.1) is 0 Å². The second-order valence-electron chi connectivity index (χ2n) is 5.77. The Morgan fingerprint density at radius 1 is 1.19 bits per heavy atom. The zero-order valence-electron chi connectivity index (χ0n) is 12.2. The van der Waals surface area contributed by atoms with Crippen LogP contribution < -0.4 is 0 Å². The Bertz CT molecular complexity index is 599. The van der Waals surface area contributed by atoms with Gasteiger partial charge >= 0.3 is 0 Å². The SMILES string of the molecule is CC1CC(C)CN(C(=O)c2ccc(-n3cncn3)nn2)C1. The number of amides is 1. The lowest BCUT2D eigenvalue weighted by molar-refractivity contribution is 0.0616. The maximum absolute atomic E-state index is 12.5. The molecule has 1 aliphatic rings. The monoisotopic (exact) mass is 286 g/mol. The average Bonchev–Trinajstić information content (AvgIpc) is 3.00. The van der Waals surface area contributed by atoms with E-state index in [1.807, 2.05) is 4.90 Å². The van der Waals surface area contributed by atoms with Gasteiger partial charge in [0.15, 0.2) is 11.5 Å². The molecule has 3 rings (SSSR count). The van der Waals surface area contributed by atoms with Crippen molar-refractivity contribution < 1.29 is 4.79 Å². The van der Waals surface area contributed by atoms with Gasteiger partial charge in [-0.25, -0.2) is 9.67 Å². The Hall–Kier alpha value is -2.31. The van der Waals surface area contributed by atoms with Crippen LogP contribution >= 0.6 is 0 Å². The maximum atomic E-state index is 12.5. The summed E-state index contributed by atoms with van der Waals surface area (Å²) in [6.45, 7) is 5.93. The molecule has 2 aromatic rings. The molecule has 3 heterocycles. The van der Waals surface area contributed by atoms with E-state index in [2.05, 4.69) is 34.1 Å². The normalized spacial score (nSPS) is 22.3. The van der Waals surface area contributed by atoms with Gasteiger partial charge in [0.2, 0.25) is 0 Å². The summed E-state index contributed by atoms with van der Waals surface area (Å²) in [6, 6.07) is 3.42. The number of carbonyl (C=O) groups excluding carboxylic acids is 1. The van der Waals surface area contributed by atoms with Crippen molar-refractivity contribution >= 4 is 5.91 Å². The van der Waals surface area contributed by atoms with Crippen molar-refractivity contribution in [2.75, 3.05) is 13.1 Å². The highest BCUT2D eigenvalue weighted by Crippen LogP contribution is 2.22. The minimum Gasteiger partial charge on any atom is -0.337 e. The van der Waals surface area contributed by atoms with E-state index in [9.17, 15) is 4.79 Å². The van der Waals surface area contributed by atoms with Gasteiger partial charge < -0.3 is 4.90 Å². The summed E-state index contributed by atoms with van der Waals surface area (Å²) in [5.41, 5.74) is 0.375. The van der Waals surface area contributed by atoms with E-state index in [-0.39, 0.29) is 5.91 Å². The Labute approximate surface area is 123 Å². The minimum absolute atomic E-state index is 0.0500. The van der Waals surface area contributed by atoms with E-state index in [1.54, 1.807) is 18.5 Å². The van der Waals surface area contributed by atoms with E-state index in [0.717, 1.165) is 13.1 Å². The quantitative estimate of drug-likeness (QED) is 0.828. The maximum Gasteiger partial charge on any atom is 0.274 e. The number of carbonyl (C=O) groups is 1. The molecule has 0 bridgehead atoms. The first-order chi connectivity index (χ1) is 10.1. The summed E-state index contributed by atoms with van der Waals surface area (Å²) in [4.78, 5) is 18.2. The lowest BCUT2D eigenvalue weighted by Crippen LogP contribution is -2.42. The molecular formula is C14H18N6O. The standard InChI is InChI=1S/C14H18N6O/c1-10-5-11(2)7-19(6-10)14(21)12-3-4-13(18-17-12)20-9-15-8-16-20/h3-4,8-11H,5-7H2,1-2H3. The molecular weight excluding hydrogens is 268 g/mol. The average molecular weight is 286 g/mol. The van der Waals surface area contributed by atoms with Crippen molar-refractivity contribution in [2.45, 2.75) is 20.3 Å². The summed E-state index contributed by atoms with van der Waals surface area (Å²) < 4.78 is 1.51. The van der Waals surface area contributed by atoms with Gasteiger partial charge in [0.25, 0.3) is 5.91 Å². The molecule has 1 amide bonds. The molecule has 7 nitrogen and oxygen atoms in total. The fraction of sp³-hybridized carbons (Fsp3) is 0.500. The molecule has 7 heteroatoms. The molecule has 0 saturated carbocycles. The number of piperidine rings is 1. The van der Waals surface area contributed by atoms with E-state index in [4.69, 9.17) is 0 Å². The molecule has 1 aliphatic heterocycles. The Kier molecular flexibility index (Phi) is 3.64. The molecule has 0 spiro atoms. The van der Waals surface area contributed by atoms with Gasteiger partial charge in [0, 0.05) is 13.1 Å². The number of rotatable bonds is 2. The third-order valence-corrected chi connectivity index (χ3v) is 3.68. The van der Waals surface area contributed by atoms with Crippen LogP contribution in [0.1, 0.15) is 30.8 Å². The van der Waals surface area contributed by atoms with Crippen LogP contribution in [0.25, 0.3) is 5.82 Å². The summed E-state index contributed by atoms with van der Waals surface area (Å²) in [5.74, 6) is 1.55. The fourth-order valence-corrected chi connectivity index (χ4v) is 2.88. The first-order valence-electron chi connectivity index (χ1n) is 7.11. The molecule has 1 fully saturated rings. The smallest absolute Gasteiger partial charge is 0.274 e. The number of hydrogen-bond donors (Lipinski definition) is 0. The Morgan fingerprint density at radius 3 is 2.52 bits per heavy atom. The minimum atomic E-state index is -0.0500. The molecule has 2 aromatic heterocycles. The Balaban J connectivity index is 1.76. The molecule has 2 unspecified atom stereocenters. The van der Waals surface area contributed by atoms with E-state index in [1.165, 1.54) is 17.4 Å². The summed E-state index contributed by atoms with van der Waals surface area (Å²) in [7, 11) is 0. The lowest BCUT2D eigenvalue weighted by Gasteiger charge is -2.34. The van der Waals surface area contributed by atoms with Gasteiger partial charge in [-0.15, -0.1) is 10.2 Å². The lowest BCUT2D eigenvalue weighted by atomic mass is 9.92. The van der Waals surface area contributed by atoms with Gasteiger partial charge in [-0.3, -0.25) is 4.79 Å². The molecule has 0 radical (unpaired) electrons. The first kappa shape index (κ1) is 13.7. The summed E-state index contributed by atoms with van der Waals surface area (Å²) >= 11 is 0. The van der Waals surface area contributed by atoms with Crippen molar-refractivity contribution in [1.29, 1.82) is 0 Å². The largest absolute Gasteiger partial charge is 0.337 e. The Morgan fingerprint density at radius 2 is 1.95 bits per heavy atom. The molecule has 1 saturated heterocycles. The molecule has 0 aromatic carbocycles. The second-order valence-corrected chi connectivity index (χ2v) is 5.77. The van der Waals surface area contributed by atoms with Crippen molar-refractivity contribution in [3.63, 3.8) is 0 Å². The van der Waals surface area contributed by atoms with Gasteiger partial charge in [-0.05, 0) is 30.4 Å². The highest BCUT2D eigenvalue weighted by molar-refractivity contribution is 5.92. The van der Waals surface area contributed by atoms with Gasteiger partial charge in [-0.2, -0.15) is 5.10 Å². The van der Waals surface area contributed by atoms with Crippen molar-refractivity contribution in [2.24, 2.45) is 11.8 Å². The molecule has 0 N–H and O–H groups in total. The summed E-state index contributed by atoms with van der Waals surface area (Å²) in [6.07, 6.45) is 4.14. The number of aromatic nitrogens is 5. The zero-order chi connectivity index (χ0) is 14.8. The second kappa shape index (κ2) is 5.59. The van der Waals surface area contributed by atoms with Crippen molar-refractivity contribution in [3.8, 4) is 5.82 Å². The van der Waals surface area contributed by atoms with E-state index in [0.29, 0.717) is 23.3 Å². The topological polar surface area (TPSA) is 76.8 Å². The van der Waals surface area contributed by atoms with Crippen molar-refractivity contribution in [1.82, 2.24) is 29.9 Å². The van der Waals surface area contributed by atoms with Gasteiger partial charge in [-0.1, -0.05) is 13.8 Å². The highest BCUT2D eigenvalue weighted by atomic mass is 16.2. The van der Waals surface area contributed by atoms with Crippen molar-refractivity contribution in [3.05, 3.63) is 30.5 Å². The van der Waals surface area contributed by atoms with Crippen LogP contribution in [0.15, 0.2) is 24.8 Å². The third kappa shape index (κ3) is 2.91. The molecule has 21 heavy (non-hydrogen) atoms. The van der Waals surface area contributed by atoms with Crippen LogP contribution in [0.3, 0.4) is 0 Å². The third-order valence-electron chi connectivity index (χ3n) is 3.68. The van der Waals surface area contributed by atoms with Crippen LogP contribution in [0, 0.1) is 11.8 Å². The van der Waals surface area contributed by atoms with Crippen LogP contribution in [-0.4, -0.2) is 48.9 Å². The fourth-order valence-electron chi connectivity index (χ4n) is 2.88. The highest BCUT2D eigenvalue weighted by Gasteiger charge is 2.26. The van der Waals surface area contributed by atoms with Crippen LogP contribution in [0.5, 0.6) is 0 Å². The van der Waals surface area contributed by atoms with E-state index >= 15 is 0 Å². The number of likely N-dealkylation sites (tertiary alicyclic amines) is 1. The molecule has 110 valence electrons. The zero-order valence-corrected chi connectivity index (χ0v) is 12.2. The van der Waals surface area contributed by atoms with Crippen LogP contribution in [-0.2, 0) is 0 Å². The van der Waals surface area contributed by atoms with Crippen LogP contribution in [0.4, 0.5) is 0 Å². The predicted octanol–water partition coefficient (Wildman–Crippen LogP) is 1.18. The molecule has 0 aliphatic carbocycles. The number of nitrogens with zero attached hydrogens (tertiary/aromatic N) is 6. The molecule has 2 atom stereocenters. The summed E-state index contributed by atoms with van der Waals surface area (Å²) in [5, 5.41) is 12.0. The van der Waals surface area contributed by atoms with Crippen LogP contribution in [0.2, 0.25) is 0 Å². The number of hydrogen-bond acceptors (Lipinski definition) is 5. The van der Waals surface area contributed by atoms with E-state index < -0.39 is 0 Å². The van der Waals surface area contributed by atoms with Gasteiger partial charge in [0.1, 0.15) is 12.7 Å². The predicted molar refractivity (Wildman–Crippen MR) is 75.8 cm³/mol.